The Hall–Kier alpha value is -2.96. The van der Waals surface area contributed by atoms with Gasteiger partial charge in [0.15, 0.2) is 12.4 Å². The summed E-state index contributed by atoms with van der Waals surface area (Å²) < 4.78 is 31.2. The quantitative estimate of drug-likeness (QED) is 0.502. The molecule has 2 fully saturated rings. The van der Waals surface area contributed by atoms with Crippen molar-refractivity contribution in [2.45, 2.75) is 43.9 Å². The second-order valence-electron chi connectivity index (χ2n) is 8.28. The van der Waals surface area contributed by atoms with Gasteiger partial charge in [-0.25, -0.2) is 0 Å². The first kappa shape index (κ1) is 21.9. The molecule has 3 aromatic carbocycles. The van der Waals surface area contributed by atoms with Crippen molar-refractivity contribution in [1.29, 1.82) is 0 Å². The summed E-state index contributed by atoms with van der Waals surface area (Å²) in [5.41, 5.74) is 3.12. The van der Waals surface area contributed by atoms with Crippen LogP contribution in [0, 0.1) is 0 Å². The molecule has 0 bridgehead atoms. The van der Waals surface area contributed by atoms with Crippen molar-refractivity contribution in [2.75, 3.05) is 6.61 Å². The van der Waals surface area contributed by atoms with Crippen LogP contribution in [-0.4, -0.2) is 31.0 Å². The molecule has 2 saturated heterocycles. The molecule has 33 heavy (non-hydrogen) atoms. The molecule has 0 aliphatic carbocycles. The highest BCUT2D eigenvalue weighted by atomic mass is 16.7. The lowest BCUT2D eigenvalue weighted by molar-refractivity contribution is -0.311. The molecule has 5 heteroatoms. The lowest BCUT2D eigenvalue weighted by atomic mass is 9.96. The summed E-state index contributed by atoms with van der Waals surface area (Å²) in [4.78, 5) is 0. The molecule has 5 atom stereocenters. The molecule has 1 unspecified atom stereocenters. The fraction of sp³-hybridized carbons (Fsp3) is 0.286. The standard InChI is InChI=1S/C28H28O5/c1-20-25(29-17-21-11-5-2-6-12-21)27(30-18-22-13-7-3-8-14-22)26-24(32-20)19-31-28(33-26)23-15-9-4-10-16-23/h2-16,24-28H,1,17-19H2/t24-,25+,26+,27-,28?/m1/s1. The largest absolute Gasteiger partial charge is 0.487 e. The highest BCUT2D eigenvalue weighted by Gasteiger charge is 2.49. The van der Waals surface area contributed by atoms with Gasteiger partial charge in [-0.2, -0.15) is 0 Å². The van der Waals surface area contributed by atoms with E-state index in [-0.39, 0.29) is 12.2 Å². The minimum absolute atomic E-state index is 0.310. The summed E-state index contributed by atoms with van der Waals surface area (Å²) in [6, 6.07) is 30.1. The summed E-state index contributed by atoms with van der Waals surface area (Å²) in [6.07, 6.45) is -2.02. The molecule has 0 amide bonds. The van der Waals surface area contributed by atoms with Gasteiger partial charge in [-0.15, -0.1) is 0 Å². The van der Waals surface area contributed by atoms with E-state index in [0.717, 1.165) is 16.7 Å². The van der Waals surface area contributed by atoms with Gasteiger partial charge in [0.05, 0.1) is 19.8 Å². The van der Waals surface area contributed by atoms with Gasteiger partial charge in [-0.3, -0.25) is 0 Å². The monoisotopic (exact) mass is 444 g/mol. The third kappa shape index (κ3) is 5.18. The highest BCUT2D eigenvalue weighted by molar-refractivity contribution is 5.18. The topological polar surface area (TPSA) is 46.2 Å². The Morgan fingerprint density at radius 1 is 0.758 bits per heavy atom. The minimum atomic E-state index is -0.486. The maximum Gasteiger partial charge on any atom is 0.184 e. The van der Waals surface area contributed by atoms with Crippen LogP contribution in [0.2, 0.25) is 0 Å². The third-order valence-corrected chi connectivity index (χ3v) is 5.93. The number of hydrogen-bond acceptors (Lipinski definition) is 5. The average Bonchev–Trinajstić information content (AvgIpc) is 2.88. The molecule has 170 valence electrons. The Bertz CT molecular complexity index is 1020. The van der Waals surface area contributed by atoms with Gasteiger partial charge in [0, 0.05) is 5.56 Å². The van der Waals surface area contributed by atoms with Crippen LogP contribution in [0.25, 0.3) is 0 Å². The first-order valence-electron chi connectivity index (χ1n) is 11.3. The van der Waals surface area contributed by atoms with Gasteiger partial charge >= 0.3 is 0 Å². The van der Waals surface area contributed by atoms with E-state index >= 15 is 0 Å². The van der Waals surface area contributed by atoms with E-state index in [9.17, 15) is 0 Å². The van der Waals surface area contributed by atoms with Crippen LogP contribution in [0.3, 0.4) is 0 Å². The lowest BCUT2D eigenvalue weighted by Crippen LogP contribution is -2.58. The summed E-state index contributed by atoms with van der Waals surface area (Å²) in [6.45, 7) is 5.40. The van der Waals surface area contributed by atoms with E-state index in [2.05, 4.69) is 6.58 Å². The van der Waals surface area contributed by atoms with Crippen molar-refractivity contribution in [3.63, 3.8) is 0 Å². The zero-order valence-corrected chi connectivity index (χ0v) is 18.4. The molecule has 2 heterocycles. The Morgan fingerprint density at radius 2 is 1.33 bits per heavy atom. The van der Waals surface area contributed by atoms with Crippen molar-refractivity contribution in [3.8, 4) is 0 Å². The summed E-state index contributed by atoms with van der Waals surface area (Å²) in [7, 11) is 0. The maximum atomic E-state index is 6.45. The van der Waals surface area contributed by atoms with Crippen LogP contribution < -0.4 is 0 Å². The Morgan fingerprint density at radius 3 is 1.97 bits per heavy atom. The SMILES string of the molecule is C=C1O[C@@H]2COC(c3ccccc3)O[C@@H]2[C@H](OCc2ccccc2)[C@H]1OCc1ccccc1. The van der Waals surface area contributed by atoms with E-state index in [0.29, 0.717) is 25.6 Å². The zero-order valence-electron chi connectivity index (χ0n) is 18.4. The Kier molecular flexibility index (Phi) is 6.84. The number of ether oxygens (including phenoxy) is 5. The molecule has 3 aromatic rings. The predicted octanol–water partition coefficient (Wildman–Crippen LogP) is 5.18. The fourth-order valence-electron chi connectivity index (χ4n) is 4.24. The second-order valence-corrected chi connectivity index (χ2v) is 8.28. The van der Waals surface area contributed by atoms with Crippen LogP contribution in [0.1, 0.15) is 23.0 Å². The molecule has 0 aromatic heterocycles. The average molecular weight is 445 g/mol. The molecule has 5 rings (SSSR count). The predicted molar refractivity (Wildman–Crippen MR) is 124 cm³/mol. The van der Waals surface area contributed by atoms with Gasteiger partial charge in [0.1, 0.15) is 24.1 Å². The molecule has 5 nitrogen and oxygen atoms in total. The molecule has 2 aliphatic rings. The van der Waals surface area contributed by atoms with Gasteiger partial charge in [0.2, 0.25) is 0 Å². The van der Waals surface area contributed by atoms with Crippen molar-refractivity contribution in [2.24, 2.45) is 0 Å². The van der Waals surface area contributed by atoms with Crippen LogP contribution in [0.4, 0.5) is 0 Å². The molecule has 0 saturated carbocycles. The first-order chi connectivity index (χ1) is 16.3. The first-order valence-corrected chi connectivity index (χ1v) is 11.3. The number of fused-ring (bicyclic) bond motifs is 1. The normalized spacial score (nSPS) is 26.9. The molecule has 0 N–H and O–H groups in total. The number of hydrogen-bond donors (Lipinski definition) is 0. The zero-order chi connectivity index (χ0) is 22.5. The lowest BCUT2D eigenvalue weighted by Gasteiger charge is -2.47. The van der Waals surface area contributed by atoms with Crippen LogP contribution in [-0.2, 0) is 36.9 Å². The summed E-state index contributed by atoms with van der Waals surface area (Å²) in [5.74, 6) is 0.538. The van der Waals surface area contributed by atoms with Gasteiger partial charge in [-0.1, -0.05) is 97.6 Å². The van der Waals surface area contributed by atoms with Crippen molar-refractivity contribution < 1.29 is 23.7 Å². The summed E-state index contributed by atoms with van der Waals surface area (Å²) in [5, 5.41) is 0. The second kappa shape index (κ2) is 10.3. The molecular formula is C28H28O5. The van der Waals surface area contributed by atoms with Crippen LogP contribution in [0.15, 0.2) is 103 Å². The minimum Gasteiger partial charge on any atom is -0.487 e. The smallest absolute Gasteiger partial charge is 0.184 e. The van der Waals surface area contributed by atoms with Gasteiger partial charge < -0.3 is 23.7 Å². The van der Waals surface area contributed by atoms with E-state index in [4.69, 9.17) is 23.7 Å². The van der Waals surface area contributed by atoms with E-state index in [1.807, 2.05) is 91.0 Å². The van der Waals surface area contributed by atoms with E-state index in [1.165, 1.54) is 0 Å². The highest BCUT2D eigenvalue weighted by Crippen LogP contribution is 2.37. The van der Waals surface area contributed by atoms with E-state index < -0.39 is 18.5 Å². The van der Waals surface area contributed by atoms with E-state index in [1.54, 1.807) is 0 Å². The van der Waals surface area contributed by atoms with Crippen molar-refractivity contribution in [1.82, 2.24) is 0 Å². The number of benzene rings is 3. The molecule has 0 radical (unpaired) electrons. The number of rotatable bonds is 7. The summed E-state index contributed by atoms with van der Waals surface area (Å²) >= 11 is 0. The molecule has 2 aliphatic heterocycles. The molecule has 0 spiro atoms. The maximum absolute atomic E-state index is 6.45. The van der Waals surface area contributed by atoms with Crippen LogP contribution in [0.5, 0.6) is 0 Å². The van der Waals surface area contributed by atoms with Gasteiger partial charge in [-0.05, 0) is 11.1 Å². The molecular weight excluding hydrogens is 416 g/mol. The third-order valence-electron chi connectivity index (χ3n) is 5.93. The van der Waals surface area contributed by atoms with Crippen molar-refractivity contribution in [3.05, 3.63) is 120 Å². The van der Waals surface area contributed by atoms with Crippen LogP contribution >= 0.6 is 0 Å². The van der Waals surface area contributed by atoms with Gasteiger partial charge in [0.25, 0.3) is 0 Å². The Balaban J connectivity index is 1.37. The van der Waals surface area contributed by atoms with Crippen molar-refractivity contribution >= 4 is 0 Å². The Labute approximate surface area is 194 Å². The fourth-order valence-corrected chi connectivity index (χ4v) is 4.24.